The largest absolute Gasteiger partial charge is 0.494 e. The Morgan fingerprint density at radius 1 is 1.15 bits per heavy atom. The van der Waals surface area contributed by atoms with Crippen LogP contribution in [-0.4, -0.2) is 30.5 Å². The minimum Gasteiger partial charge on any atom is -0.494 e. The van der Waals surface area contributed by atoms with Gasteiger partial charge in [-0.15, -0.1) is 0 Å². The van der Waals surface area contributed by atoms with Crippen LogP contribution in [0.2, 0.25) is 0 Å². The number of hydrogen-bond donors (Lipinski definition) is 1. The first-order chi connectivity index (χ1) is 13.1. The SMILES string of the molecule is COc1ccc(C(=O)COC(=O)CCCc2c[nH]c3ccccc23)cc1F. The van der Waals surface area contributed by atoms with Gasteiger partial charge in [0, 0.05) is 29.1 Å². The molecule has 6 heteroatoms. The van der Waals surface area contributed by atoms with Crippen LogP contribution in [0.15, 0.2) is 48.7 Å². The van der Waals surface area contributed by atoms with Gasteiger partial charge in [0.15, 0.2) is 24.0 Å². The van der Waals surface area contributed by atoms with E-state index in [1.165, 1.54) is 19.2 Å². The quantitative estimate of drug-likeness (QED) is 0.480. The van der Waals surface area contributed by atoms with Gasteiger partial charge in [0.05, 0.1) is 7.11 Å². The highest BCUT2D eigenvalue weighted by Crippen LogP contribution is 2.20. The Hall–Kier alpha value is -3.15. The molecule has 0 aliphatic carbocycles. The van der Waals surface area contributed by atoms with Gasteiger partial charge in [-0.25, -0.2) is 4.39 Å². The minimum atomic E-state index is -0.631. The van der Waals surface area contributed by atoms with E-state index in [2.05, 4.69) is 4.98 Å². The topological polar surface area (TPSA) is 68.4 Å². The van der Waals surface area contributed by atoms with E-state index in [-0.39, 0.29) is 17.7 Å². The van der Waals surface area contributed by atoms with Gasteiger partial charge in [0.2, 0.25) is 0 Å². The number of fused-ring (bicyclic) bond motifs is 1. The summed E-state index contributed by atoms with van der Waals surface area (Å²) < 4.78 is 23.5. The van der Waals surface area contributed by atoms with E-state index >= 15 is 0 Å². The smallest absolute Gasteiger partial charge is 0.306 e. The van der Waals surface area contributed by atoms with E-state index in [1.807, 2.05) is 30.5 Å². The lowest BCUT2D eigenvalue weighted by Crippen LogP contribution is -2.14. The Kier molecular flexibility index (Phi) is 5.86. The molecular formula is C21H20FNO4. The van der Waals surface area contributed by atoms with Gasteiger partial charge >= 0.3 is 5.97 Å². The molecule has 5 nitrogen and oxygen atoms in total. The zero-order chi connectivity index (χ0) is 19.2. The van der Waals surface area contributed by atoms with Crippen molar-refractivity contribution >= 4 is 22.7 Å². The van der Waals surface area contributed by atoms with Crippen LogP contribution in [-0.2, 0) is 16.0 Å². The Labute approximate surface area is 156 Å². The Morgan fingerprint density at radius 3 is 2.74 bits per heavy atom. The number of carbonyl (C=O) groups is 2. The maximum atomic E-state index is 13.6. The number of esters is 1. The molecule has 0 saturated carbocycles. The van der Waals surface area contributed by atoms with Crippen molar-refractivity contribution in [3.8, 4) is 5.75 Å². The van der Waals surface area contributed by atoms with Gasteiger partial charge < -0.3 is 14.5 Å². The number of rotatable bonds is 8. The first-order valence-corrected chi connectivity index (χ1v) is 8.66. The molecule has 2 aromatic carbocycles. The van der Waals surface area contributed by atoms with Crippen molar-refractivity contribution in [2.75, 3.05) is 13.7 Å². The van der Waals surface area contributed by atoms with E-state index in [1.54, 1.807) is 0 Å². The number of ether oxygens (including phenoxy) is 2. The second kappa shape index (κ2) is 8.49. The van der Waals surface area contributed by atoms with Crippen molar-refractivity contribution < 1.29 is 23.5 Å². The highest BCUT2D eigenvalue weighted by molar-refractivity contribution is 5.98. The van der Waals surface area contributed by atoms with Gasteiger partial charge in [-0.2, -0.15) is 0 Å². The fraction of sp³-hybridized carbons (Fsp3) is 0.238. The number of aromatic amines is 1. The minimum absolute atomic E-state index is 0.0563. The van der Waals surface area contributed by atoms with Crippen LogP contribution in [0.4, 0.5) is 4.39 Å². The van der Waals surface area contributed by atoms with Crippen molar-refractivity contribution in [3.05, 3.63) is 65.6 Å². The van der Waals surface area contributed by atoms with Crippen LogP contribution >= 0.6 is 0 Å². The third-order valence-electron chi connectivity index (χ3n) is 4.34. The summed E-state index contributed by atoms with van der Waals surface area (Å²) in [6.45, 7) is -0.405. The molecule has 1 N–H and O–H groups in total. The molecule has 1 heterocycles. The molecule has 140 valence electrons. The molecule has 0 fully saturated rings. The Balaban J connectivity index is 1.45. The van der Waals surface area contributed by atoms with E-state index in [4.69, 9.17) is 9.47 Å². The van der Waals surface area contributed by atoms with Crippen LogP contribution in [0.3, 0.4) is 0 Å². The van der Waals surface area contributed by atoms with Gasteiger partial charge in [0.1, 0.15) is 0 Å². The van der Waals surface area contributed by atoms with Crippen molar-refractivity contribution in [3.63, 3.8) is 0 Å². The van der Waals surface area contributed by atoms with E-state index in [0.717, 1.165) is 29.0 Å². The van der Waals surface area contributed by atoms with Gasteiger partial charge in [-0.1, -0.05) is 18.2 Å². The molecule has 0 atom stereocenters. The predicted octanol–water partition coefficient (Wildman–Crippen LogP) is 4.06. The summed E-state index contributed by atoms with van der Waals surface area (Å²) in [7, 11) is 1.35. The lowest BCUT2D eigenvalue weighted by Gasteiger charge is -2.06. The number of methoxy groups -OCH3 is 1. The number of benzene rings is 2. The monoisotopic (exact) mass is 369 g/mol. The highest BCUT2D eigenvalue weighted by atomic mass is 19.1. The van der Waals surface area contributed by atoms with Gasteiger partial charge in [-0.05, 0) is 42.7 Å². The zero-order valence-electron chi connectivity index (χ0n) is 15.0. The molecular weight excluding hydrogens is 349 g/mol. The van der Waals surface area contributed by atoms with E-state index in [0.29, 0.717) is 6.42 Å². The molecule has 3 rings (SSSR count). The summed E-state index contributed by atoms with van der Waals surface area (Å²) in [5.41, 5.74) is 2.34. The fourth-order valence-corrected chi connectivity index (χ4v) is 2.90. The summed E-state index contributed by atoms with van der Waals surface area (Å²) in [6, 6.07) is 11.9. The first kappa shape index (κ1) is 18.6. The number of Topliss-reactive ketones (excluding diaryl/α,β-unsaturated/α-hetero) is 1. The van der Waals surface area contributed by atoms with Gasteiger partial charge in [-0.3, -0.25) is 9.59 Å². The third-order valence-corrected chi connectivity index (χ3v) is 4.34. The molecule has 0 unspecified atom stereocenters. The van der Waals surface area contributed by atoms with Crippen LogP contribution in [0.5, 0.6) is 5.75 Å². The normalized spacial score (nSPS) is 10.7. The summed E-state index contributed by atoms with van der Waals surface area (Å²) >= 11 is 0. The van der Waals surface area contributed by atoms with E-state index < -0.39 is 24.2 Å². The Morgan fingerprint density at radius 2 is 1.96 bits per heavy atom. The van der Waals surface area contributed by atoms with Gasteiger partial charge in [0.25, 0.3) is 0 Å². The molecule has 0 spiro atoms. The van der Waals surface area contributed by atoms with Crippen LogP contribution in [0, 0.1) is 5.82 Å². The van der Waals surface area contributed by atoms with Crippen LogP contribution in [0.1, 0.15) is 28.8 Å². The zero-order valence-corrected chi connectivity index (χ0v) is 15.0. The molecule has 0 saturated heterocycles. The molecule has 0 bridgehead atoms. The van der Waals surface area contributed by atoms with Crippen molar-refractivity contribution in [1.82, 2.24) is 4.98 Å². The highest BCUT2D eigenvalue weighted by Gasteiger charge is 2.13. The van der Waals surface area contributed by atoms with Crippen molar-refractivity contribution in [2.24, 2.45) is 0 Å². The molecule has 27 heavy (non-hydrogen) atoms. The number of aryl methyl sites for hydroxylation is 1. The van der Waals surface area contributed by atoms with Crippen LogP contribution < -0.4 is 4.74 Å². The number of para-hydroxylation sites is 1. The molecule has 1 aromatic heterocycles. The van der Waals surface area contributed by atoms with Crippen LogP contribution in [0.25, 0.3) is 10.9 Å². The molecule has 0 amide bonds. The van der Waals surface area contributed by atoms with Crippen molar-refractivity contribution in [2.45, 2.75) is 19.3 Å². The van der Waals surface area contributed by atoms with Crippen molar-refractivity contribution in [1.29, 1.82) is 0 Å². The summed E-state index contributed by atoms with van der Waals surface area (Å²) in [5.74, 6) is -1.48. The standard InChI is InChI=1S/C21H20FNO4/c1-26-20-10-9-14(11-17(20)22)19(24)13-27-21(25)8-4-5-15-12-23-18-7-3-2-6-16(15)18/h2-3,6-7,9-12,23H,4-5,8,13H2,1H3. The fourth-order valence-electron chi connectivity index (χ4n) is 2.90. The number of aromatic nitrogens is 1. The maximum absolute atomic E-state index is 13.6. The molecule has 0 aliphatic heterocycles. The first-order valence-electron chi connectivity index (χ1n) is 8.66. The average molecular weight is 369 g/mol. The number of H-pyrrole nitrogens is 1. The molecule has 3 aromatic rings. The summed E-state index contributed by atoms with van der Waals surface area (Å²) in [6.07, 6.45) is 3.50. The summed E-state index contributed by atoms with van der Waals surface area (Å²) in [4.78, 5) is 27.1. The molecule has 0 radical (unpaired) electrons. The summed E-state index contributed by atoms with van der Waals surface area (Å²) in [5, 5.41) is 1.14. The average Bonchev–Trinajstić information content (AvgIpc) is 3.09. The number of carbonyl (C=O) groups excluding carboxylic acids is 2. The second-order valence-corrected chi connectivity index (χ2v) is 6.15. The number of hydrogen-bond acceptors (Lipinski definition) is 4. The molecule has 0 aliphatic rings. The maximum Gasteiger partial charge on any atom is 0.306 e. The Bertz CT molecular complexity index is 964. The second-order valence-electron chi connectivity index (χ2n) is 6.15. The third kappa shape index (κ3) is 4.53. The number of halogens is 1. The number of nitrogens with one attached hydrogen (secondary N) is 1. The lowest BCUT2D eigenvalue weighted by atomic mass is 10.1. The number of ketones is 1. The predicted molar refractivity (Wildman–Crippen MR) is 99.5 cm³/mol. The lowest BCUT2D eigenvalue weighted by molar-refractivity contribution is -0.142. The van der Waals surface area contributed by atoms with E-state index in [9.17, 15) is 14.0 Å².